The van der Waals surface area contributed by atoms with Crippen LogP contribution in [-0.2, 0) is 4.79 Å². The number of anilines is 1. The van der Waals surface area contributed by atoms with Crippen LogP contribution in [0.15, 0.2) is 18.3 Å². The van der Waals surface area contributed by atoms with E-state index in [0.29, 0.717) is 32.0 Å². The molecular formula is C12H17N5O3. The highest BCUT2D eigenvalue weighted by Gasteiger charge is 2.23. The number of nitrogens with zero attached hydrogens (tertiary/aromatic N) is 4. The van der Waals surface area contributed by atoms with Gasteiger partial charge in [-0.1, -0.05) is 0 Å². The van der Waals surface area contributed by atoms with Gasteiger partial charge < -0.3 is 15.5 Å². The third-order valence-corrected chi connectivity index (χ3v) is 3.25. The molecule has 0 saturated carbocycles. The minimum absolute atomic E-state index is 0.0282. The lowest BCUT2D eigenvalue weighted by Crippen LogP contribution is -2.52. The number of pyridine rings is 1. The SMILES string of the molecule is C[C@H](N)C(=O)N1CCN(c2ccc([N+](=O)[O-])cn2)CC1. The first-order valence-corrected chi connectivity index (χ1v) is 6.39. The summed E-state index contributed by atoms with van der Waals surface area (Å²) in [4.78, 5) is 29.7. The molecule has 2 N–H and O–H groups in total. The normalized spacial score (nSPS) is 16.9. The molecule has 1 aromatic rings. The summed E-state index contributed by atoms with van der Waals surface area (Å²) in [5.41, 5.74) is 5.55. The molecule has 0 unspecified atom stereocenters. The second-order valence-corrected chi connectivity index (χ2v) is 4.73. The van der Waals surface area contributed by atoms with Crippen molar-refractivity contribution in [2.24, 2.45) is 5.73 Å². The van der Waals surface area contributed by atoms with Crippen molar-refractivity contribution in [1.29, 1.82) is 0 Å². The first kappa shape index (κ1) is 14.2. The van der Waals surface area contributed by atoms with E-state index in [1.54, 1.807) is 17.9 Å². The number of aromatic nitrogens is 1. The zero-order valence-corrected chi connectivity index (χ0v) is 11.2. The molecule has 1 aromatic heterocycles. The molecule has 1 fully saturated rings. The third-order valence-electron chi connectivity index (χ3n) is 3.25. The summed E-state index contributed by atoms with van der Waals surface area (Å²) in [6.07, 6.45) is 1.24. The van der Waals surface area contributed by atoms with Gasteiger partial charge in [-0.15, -0.1) is 0 Å². The monoisotopic (exact) mass is 279 g/mol. The maximum Gasteiger partial charge on any atom is 0.287 e. The predicted octanol–water partition coefficient (Wildman–Crippen LogP) is -0.0144. The Bertz CT molecular complexity index is 494. The van der Waals surface area contributed by atoms with Gasteiger partial charge in [0.25, 0.3) is 5.69 Å². The molecule has 1 aliphatic heterocycles. The molecule has 1 aliphatic rings. The fourth-order valence-electron chi connectivity index (χ4n) is 2.12. The lowest BCUT2D eigenvalue weighted by molar-refractivity contribution is -0.385. The zero-order chi connectivity index (χ0) is 14.7. The number of hydrogen-bond acceptors (Lipinski definition) is 6. The maximum absolute atomic E-state index is 11.8. The van der Waals surface area contributed by atoms with Crippen LogP contribution in [0.4, 0.5) is 11.5 Å². The summed E-state index contributed by atoms with van der Waals surface area (Å²) in [6, 6.07) is 2.57. The van der Waals surface area contributed by atoms with Crippen LogP contribution >= 0.6 is 0 Å². The van der Waals surface area contributed by atoms with Crippen LogP contribution in [0.2, 0.25) is 0 Å². The van der Waals surface area contributed by atoms with E-state index in [-0.39, 0.29) is 11.6 Å². The summed E-state index contributed by atoms with van der Waals surface area (Å²) >= 11 is 0. The molecule has 1 atom stereocenters. The minimum atomic E-state index is -0.487. The fraction of sp³-hybridized carbons (Fsp3) is 0.500. The predicted molar refractivity (Wildman–Crippen MR) is 73.3 cm³/mol. The number of nitrogens with two attached hydrogens (primary N) is 1. The fourth-order valence-corrected chi connectivity index (χ4v) is 2.12. The van der Waals surface area contributed by atoms with Crippen molar-refractivity contribution < 1.29 is 9.72 Å². The number of hydrogen-bond donors (Lipinski definition) is 1. The number of rotatable bonds is 3. The van der Waals surface area contributed by atoms with Gasteiger partial charge in [0.15, 0.2) is 0 Å². The van der Waals surface area contributed by atoms with Gasteiger partial charge in [0.05, 0.1) is 11.0 Å². The number of carbonyl (C=O) groups excluding carboxylic acids is 1. The molecule has 0 spiro atoms. The molecule has 1 amide bonds. The van der Waals surface area contributed by atoms with E-state index < -0.39 is 11.0 Å². The van der Waals surface area contributed by atoms with Crippen LogP contribution in [0.3, 0.4) is 0 Å². The largest absolute Gasteiger partial charge is 0.353 e. The minimum Gasteiger partial charge on any atom is -0.353 e. The molecule has 2 heterocycles. The van der Waals surface area contributed by atoms with Gasteiger partial charge in [0.1, 0.15) is 12.0 Å². The van der Waals surface area contributed by atoms with Crippen molar-refractivity contribution >= 4 is 17.4 Å². The first-order valence-electron chi connectivity index (χ1n) is 6.39. The van der Waals surface area contributed by atoms with Crippen LogP contribution in [-0.4, -0.2) is 52.9 Å². The van der Waals surface area contributed by atoms with Crippen molar-refractivity contribution in [3.05, 3.63) is 28.4 Å². The second-order valence-electron chi connectivity index (χ2n) is 4.73. The Morgan fingerprint density at radius 2 is 2.05 bits per heavy atom. The molecule has 0 aliphatic carbocycles. The van der Waals surface area contributed by atoms with E-state index in [9.17, 15) is 14.9 Å². The van der Waals surface area contributed by atoms with Gasteiger partial charge in [-0.3, -0.25) is 14.9 Å². The van der Waals surface area contributed by atoms with Gasteiger partial charge >= 0.3 is 0 Å². The van der Waals surface area contributed by atoms with Gasteiger partial charge in [-0.05, 0) is 13.0 Å². The molecular weight excluding hydrogens is 262 g/mol. The maximum atomic E-state index is 11.8. The van der Waals surface area contributed by atoms with E-state index in [2.05, 4.69) is 4.98 Å². The number of nitro groups is 1. The third kappa shape index (κ3) is 3.02. The number of carbonyl (C=O) groups is 1. The number of piperazine rings is 1. The van der Waals surface area contributed by atoms with Crippen molar-refractivity contribution in [2.45, 2.75) is 13.0 Å². The van der Waals surface area contributed by atoms with Crippen LogP contribution in [0.5, 0.6) is 0 Å². The molecule has 8 heteroatoms. The molecule has 108 valence electrons. The van der Waals surface area contributed by atoms with Gasteiger partial charge in [-0.25, -0.2) is 4.98 Å². The molecule has 2 rings (SSSR count). The Morgan fingerprint density at radius 3 is 2.50 bits per heavy atom. The van der Waals surface area contributed by atoms with Crippen LogP contribution in [0.25, 0.3) is 0 Å². The topological polar surface area (TPSA) is 106 Å². The van der Waals surface area contributed by atoms with E-state index in [1.165, 1.54) is 12.3 Å². The average Bonchev–Trinajstić information content (AvgIpc) is 2.46. The first-order chi connectivity index (χ1) is 9.49. The molecule has 1 saturated heterocycles. The highest BCUT2D eigenvalue weighted by Crippen LogP contribution is 2.17. The van der Waals surface area contributed by atoms with Crippen LogP contribution in [0, 0.1) is 10.1 Å². The molecule has 0 bridgehead atoms. The van der Waals surface area contributed by atoms with Crippen molar-refractivity contribution in [2.75, 3.05) is 31.1 Å². The number of amides is 1. The van der Waals surface area contributed by atoms with E-state index in [0.717, 1.165) is 0 Å². The zero-order valence-electron chi connectivity index (χ0n) is 11.2. The summed E-state index contributed by atoms with van der Waals surface area (Å²) in [5, 5.41) is 10.6. The lowest BCUT2D eigenvalue weighted by Gasteiger charge is -2.36. The Hall–Kier alpha value is -2.22. The van der Waals surface area contributed by atoms with Gasteiger partial charge in [0.2, 0.25) is 5.91 Å². The molecule has 0 radical (unpaired) electrons. The molecule has 8 nitrogen and oxygen atoms in total. The summed E-state index contributed by atoms with van der Waals surface area (Å²) in [5.74, 6) is 0.629. The highest BCUT2D eigenvalue weighted by molar-refractivity contribution is 5.81. The van der Waals surface area contributed by atoms with Gasteiger partial charge in [0, 0.05) is 32.2 Å². The van der Waals surface area contributed by atoms with Gasteiger partial charge in [-0.2, -0.15) is 0 Å². The standard InChI is InChI=1S/C12H17N5O3/c1-9(13)12(18)16-6-4-15(5-7-16)11-3-2-10(8-14-11)17(19)20/h2-3,8-9H,4-7,13H2,1H3/t9-/m0/s1. The summed E-state index contributed by atoms with van der Waals surface area (Å²) in [6.45, 7) is 4.12. The highest BCUT2D eigenvalue weighted by atomic mass is 16.6. The Morgan fingerprint density at radius 1 is 1.40 bits per heavy atom. The Kier molecular flexibility index (Phi) is 4.14. The van der Waals surface area contributed by atoms with E-state index in [4.69, 9.17) is 5.73 Å². The Labute approximate surface area is 116 Å². The molecule has 0 aromatic carbocycles. The smallest absolute Gasteiger partial charge is 0.287 e. The van der Waals surface area contributed by atoms with Crippen LogP contribution < -0.4 is 10.6 Å². The van der Waals surface area contributed by atoms with Crippen LogP contribution in [0.1, 0.15) is 6.92 Å². The second kappa shape index (κ2) is 5.83. The van der Waals surface area contributed by atoms with Crippen molar-refractivity contribution in [1.82, 2.24) is 9.88 Å². The van der Waals surface area contributed by atoms with Crippen molar-refractivity contribution in [3.8, 4) is 0 Å². The van der Waals surface area contributed by atoms with E-state index in [1.807, 2.05) is 4.90 Å². The average molecular weight is 279 g/mol. The van der Waals surface area contributed by atoms with Crippen molar-refractivity contribution in [3.63, 3.8) is 0 Å². The molecule has 20 heavy (non-hydrogen) atoms. The summed E-state index contributed by atoms with van der Waals surface area (Å²) in [7, 11) is 0. The van der Waals surface area contributed by atoms with E-state index >= 15 is 0 Å². The quantitative estimate of drug-likeness (QED) is 0.616. The lowest BCUT2D eigenvalue weighted by atomic mass is 10.2. The Balaban J connectivity index is 1.97. The summed E-state index contributed by atoms with van der Waals surface area (Å²) < 4.78 is 0.